The summed E-state index contributed by atoms with van der Waals surface area (Å²) in [4.78, 5) is 10.1. The molecule has 0 atom stereocenters. The molecule has 1 aromatic heterocycles. The molecule has 2 aromatic rings. The molecular formula is C12H14FN5O3. The van der Waals surface area contributed by atoms with Crippen LogP contribution < -0.4 is 5.32 Å². The summed E-state index contributed by atoms with van der Waals surface area (Å²) in [6.45, 7) is 1.65. The van der Waals surface area contributed by atoms with Gasteiger partial charge in [0, 0.05) is 32.3 Å². The third-order valence-corrected chi connectivity index (χ3v) is 2.72. The van der Waals surface area contributed by atoms with Gasteiger partial charge in [0.15, 0.2) is 0 Å². The number of nitro benzene ring substituents is 1. The van der Waals surface area contributed by atoms with Gasteiger partial charge in [-0.1, -0.05) is 5.21 Å². The quantitative estimate of drug-likeness (QED) is 0.466. The molecule has 0 fully saturated rings. The number of non-ortho nitro benzene ring substituents is 1. The van der Waals surface area contributed by atoms with Crippen LogP contribution in [0.15, 0.2) is 24.4 Å². The van der Waals surface area contributed by atoms with Crippen molar-refractivity contribution >= 4 is 5.69 Å². The van der Waals surface area contributed by atoms with Gasteiger partial charge in [-0.05, 0) is 6.07 Å². The lowest BCUT2D eigenvalue weighted by molar-refractivity contribution is -0.384. The fraction of sp³-hybridized carbons (Fsp3) is 0.333. The lowest BCUT2D eigenvalue weighted by Gasteiger charge is -2.02. The SMILES string of the molecule is COCCNCc1cn(-c2cc([N+](=O)[O-])ccc2F)nn1. The fourth-order valence-corrected chi connectivity index (χ4v) is 1.68. The minimum absolute atomic E-state index is 0.0140. The summed E-state index contributed by atoms with van der Waals surface area (Å²) in [5, 5.41) is 21.4. The Hall–Kier alpha value is -2.39. The largest absolute Gasteiger partial charge is 0.383 e. The first-order valence-electron chi connectivity index (χ1n) is 6.17. The maximum Gasteiger partial charge on any atom is 0.271 e. The van der Waals surface area contributed by atoms with Crippen molar-refractivity contribution in [2.45, 2.75) is 6.54 Å². The minimum atomic E-state index is -0.607. The van der Waals surface area contributed by atoms with Gasteiger partial charge < -0.3 is 10.1 Å². The summed E-state index contributed by atoms with van der Waals surface area (Å²) < 4.78 is 19.8. The molecule has 8 nitrogen and oxygen atoms in total. The van der Waals surface area contributed by atoms with E-state index in [-0.39, 0.29) is 11.4 Å². The first-order chi connectivity index (χ1) is 10.1. The number of methoxy groups -OCH3 is 1. The third-order valence-electron chi connectivity index (χ3n) is 2.72. The first-order valence-corrected chi connectivity index (χ1v) is 6.17. The Morgan fingerprint density at radius 1 is 1.52 bits per heavy atom. The highest BCUT2D eigenvalue weighted by Gasteiger charge is 2.13. The number of rotatable bonds is 7. The van der Waals surface area contributed by atoms with Crippen LogP contribution in [0, 0.1) is 15.9 Å². The van der Waals surface area contributed by atoms with Crippen LogP contribution in [0.1, 0.15) is 5.69 Å². The first kappa shape index (κ1) is 15.0. The molecule has 9 heteroatoms. The molecule has 0 bridgehead atoms. The second-order valence-corrected chi connectivity index (χ2v) is 4.22. The maximum absolute atomic E-state index is 13.7. The molecule has 1 heterocycles. The van der Waals surface area contributed by atoms with Gasteiger partial charge in [0.2, 0.25) is 0 Å². The summed E-state index contributed by atoms with van der Waals surface area (Å²) in [5.41, 5.74) is 0.374. The number of aromatic nitrogens is 3. The van der Waals surface area contributed by atoms with Crippen LogP contribution >= 0.6 is 0 Å². The smallest absolute Gasteiger partial charge is 0.271 e. The van der Waals surface area contributed by atoms with Gasteiger partial charge in [0.05, 0.1) is 23.4 Å². The number of nitrogens with one attached hydrogen (secondary N) is 1. The molecule has 0 amide bonds. The van der Waals surface area contributed by atoms with Crippen LogP contribution in [0.2, 0.25) is 0 Å². The van der Waals surface area contributed by atoms with Crippen LogP contribution in [-0.4, -0.2) is 40.2 Å². The van der Waals surface area contributed by atoms with E-state index in [2.05, 4.69) is 15.6 Å². The number of benzene rings is 1. The van der Waals surface area contributed by atoms with E-state index in [0.717, 1.165) is 18.2 Å². The Morgan fingerprint density at radius 2 is 2.33 bits per heavy atom. The number of ether oxygens (including phenoxy) is 1. The average Bonchev–Trinajstić information content (AvgIpc) is 2.92. The Morgan fingerprint density at radius 3 is 3.05 bits per heavy atom. The zero-order valence-corrected chi connectivity index (χ0v) is 11.3. The zero-order valence-electron chi connectivity index (χ0n) is 11.3. The number of hydrogen-bond donors (Lipinski definition) is 1. The lowest BCUT2D eigenvalue weighted by atomic mass is 10.2. The average molecular weight is 295 g/mol. The standard InChI is InChI=1S/C12H14FN5O3/c1-21-5-4-14-7-9-8-17(16-15-9)12-6-10(18(19)20)2-3-11(12)13/h2-3,6,8,14H,4-5,7H2,1H3. The molecule has 0 spiro atoms. The van der Waals surface area contributed by atoms with Crippen LogP contribution in [0.5, 0.6) is 0 Å². The third kappa shape index (κ3) is 3.80. The van der Waals surface area contributed by atoms with Gasteiger partial charge in [0.25, 0.3) is 5.69 Å². The normalized spacial score (nSPS) is 10.8. The molecular weight excluding hydrogens is 281 g/mol. The van der Waals surface area contributed by atoms with Crippen molar-refractivity contribution in [3.8, 4) is 5.69 Å². The van der Waals surface area contributed by atoms with Crippen LogP contribution in [-0.2, 0) is 11.3 Å². The molecule has 0 saturated carbocycles. The van der Waals surface area contributed by atoms with Gasteiger partial charge >= 0.3 is 0 Å². The molecule has 112 valence electrons. The van der Waals surface area contributed by atoms with E-state index in [1.54, 1.807) is 7.11 Å². The van der Waals surface area contributed by atoms with E-state index in [9.17, 15) is 14.5 Å². The number of nitro groups is 1. The summed E-state index contributed by atoms with van der Waals surface area (Å²) in [7, 11) is 1.60. The van der Waals surface area contributed by atoms with Crippen LogP contribution in [0.4, 0.5) is 10.1 Å². The highest BCUT2D eigenvalue weighted by atomic mass is 19.1. The van der Waals surface area contributed by atoms with Crippen molar-refractivity contribution in [2.75, 3.05) is 20.3 Å². The second kappa shape index (κ2) is 6.86. The molecule has 0 aliphatic rings. The molecule has 0 radical (unpaired) electrons. The van der Waals surface area contributed by atoms with Crippen LogP contribution in [0.3, 0.4) is 0 Å². The van der Waals surface area contributed by atoms with Gasteiger partial charge in [-0.15, -0.1) is 5.10 Å². The highest BCUT2D eigenvalue weighted by molar-refractivity contribution is 5.43. The molecule has 0 saturated heterocycles. The van der Waals surface area contributed by atoms with E-state index < -0.39 is 10.7 Å². The maximum atomic E-state index is 13.7. The van der Waals surface area contributed by atoms with E-state index >= 15 is 0 Å². The molecule has 2 rings (SSSR count). The summed E-state index contributed by atoms with van der Waals surface area (Å²) in [6, 6.07) is 3.25. The number of halogens is 1. The molecule has 1 N–H and O–H groups in total. The monoisotopic (exact) mass is 295 g/mol. The fourth-order valence-electron chi connectivity index (χ4n) is 1.68. The van der Waals surface area contributed by atoms with Gasteiger partial charge in [-0.2, -0.15) is 0 Å². The van der Waals surface area contributed by atoms with Crippen molar-refractivity contribution in [3.63, 3.8) is 0 Å². The van der Waals surface area contributed by atoms with E-state index in [0.29, 0.717) is 25.4 Å². The molecule has 0 aliphatic carbocycles. The Bertz CT molecular complexity index is 631. The minimum Gasteiger partial charge on any atom is -0.383 e. The van der Waals surface area contributed by atoms with E-state index in [1.165, 1.54) is 10.9 Å². The molecule has 1 aromatic carbocycles. The van der Waals surface area contributed by atoms with Crippen molar-refractivity contribution in [1.29, 1.82) is 0 Å². The molecule has 21 heavy (non-hydrogen) atoms. The molecule has 0 aliphatic heterocycles. The number of nitrogens with zero attached hydrogens (tertiary/aromatic N) is 4. The van der Waals surface area contributed by atoms with E-state index in [1.807, 2.05) is 0 Å². The topological polar surface area (TPSA) is 95.1 Å². The highest BCUT2D eigenvalue weighted by Crippen LogP contribution is 2.19. The van der Waals surface area contributed by atoms with Crippen molar-refractivity contribution in [2.24, 2.45) is 0 Å². The predicted molar refractivity (Wildman–Crippen MR) is 71.6 cm³/mol. The Balaban J connectivity index is 2.13. The number of hydrogen-bond acceptors (Lipinski definition) is 6. The van der Waals surface area contributed by atoms with Crippen molar-refractivity contribution in [3.05, 3.63) is 46.0 Å². The van der Waals surface area contributed by atoms with Gasteiger partial charge in [-0.25, -0.2) is 9.07 Å². The summed E-state index contributed by atoms with van der Waals surface area (Å²) in [5.74, 6) is -0.607. The Labute approximate surface area is 119 Å². The summed E-state index contributed by atoms with van der Waals surface area (Å²) in [6.07, 6.45) is 1.52. The van der Waals surface area contributed by atoms with Crippen molar-refractivity contribution < 1.29 is 14.1 Å². The lowest BCUT2D eigenvalue weighted by Crippen LogP contribution is -2.18. The zero-order chi connectivity index (χ0) is 15.2. The summed E-state index contributed by atoms with van der Waals surface area (Å²) >= 11 is 0. The van der Waals surface area contributed by atoms with Gasteiger partial charge in [-0.3, -0.25) is 10.1 Å². The van der Waals surface area contributed by atoms with Crippen LogP contribution in [0.25, 0.3) is 5.69 Å². The van der Waals surface area contributed by atoms with Crippen molar-refractivity contribution in [1.82, 2.24) is 20.3 Å². The predicted octanol–water partition coefficient (Wildman–Crippen LogP) is 1.05. The Kier molecular flexibility index (Phi) is 4.90. The van der Waals surface area contributed by atoms with E-state index in [4.69, 9.17) is 4.74 Å². The second-order valence-electron chi connectivity index (χ2n) is 4.22. The van der Waals surface area contributed by atoms with Gasteiger partial charge in [0.1, 0.15) is 11.5 Å². The molecule has 0 unspecified atom stereocenters.